The number of rotatable bonds is 4. The minimum atomic E-state index is -0.458. The first kappa shape index (κ1) is 11.1. The molecule has 1 aromatic rings. The van der Waals surface area contributed by atoms with Crippen molar-refractivity contribution in [3.8, 4) is 0 Å². The second-order valence-electron chi connectivity index (χ2n) is 3.20. The van der Waals surface area contributed by atoms with Crippen LogP contribution in [0.3, 0.4) is 0 Å². The summed E-state index contributed by atoms with van der Waals surface area (Å²) in [5.41, 5.74) is 0.269. The number of halogens is 2. The summed E-state index contributed by atoms with van der Waals surface area (Å²) in [6.45, 7) is 1.94. The van der Waals surface area contributed by atoms with Crippen LogP contribution < -0.4 is 5.32 Å². The molecule has 0 aliphatic carbocycles. The second-order valence-corrected chi connectivity index (χ2v) is 3.20. The smallest absolute Gasteiger partial charge is 0.127 e. The van der Waals surface area contributed by atoms with Gasteiger partial charge in [-0.3, -0.25) is 0 Å². The van der Waals surface area contributed by atoms with Gasteiger partial charge >= 0.3 is 0 Å². The molecule has 0 amide bonds. The van der Waals surface area contributed by atoms with Gasteiger partial charge in [-0.25, -0.2) is 8.78 Å². The third-order valence-electron chi connectivity index (χ3n) is 1.92. The standard InChI is InChI=1S/C10H13F2NO/c1-7(6-14)13-5-8-4-9(11)2-3-10(8)12/h2-4,7,13-14H,5-6H2,1H3/t7-/m1/s1. The van der Waals surface area contributed by atoms with Crippen molar-refractivity contribution in [1.29, 1.82) is 0 Å². The molecule has 0 saturated carbocycles. The van der Waals surface area contributed by atoms with Gasteiger partial charge in [-0.05, 0) is 25.1 Å². The van der Waals surface area contributed by atoms with E-state index in [1.54, 1.807) is 6.92 Å². The predicted molar refractivity (Wildman–Crippen MR) is 49.7 cm³/mol. The van der Waals surface area contributed by atoms with E-state index in [4.69, 9.17) is 5.11 Å². The van der Waals surface area contributed by atoms with Crippen LogP contribution in [0.1, 0.15) is 12.5 Å². The Hall–Kier alpha value is -1.00. The summed E-state index contributed by atoms with van der Waals surface area (Å²) in [6.07, 6.45) is 0. The molecule has 1 atom stereocenters. The van der Waals surface area contributed by atoms with E-state index in [1.165, 1.54) is 0 Å². The monoisotopic (exact) mass is 201 g/mol. The molecule has 2 nitrogen and oxygen atoms in total. The van der Waals surface area contributed by atoms with E-state index in [0.717, 1.165) is 18.2 Å². The van der Waals surface area contributed by atoms with Gasteiger partial charge in [-0.1, -0.05) is 0 Å². The van der Waals surface area contributed by atoms with Gasteiger partial charge in [0.15, 0.2) is 0 Å². The van der Waals surface area contributed by atoms with Crippen LogP contribution >= 0.6 is 0 Å². The van der Waals surface area contributed by atoms with Crippen LogP contribution in [-0.4, -0.2) is 17.8 Å². The molecule has 0 radical (unpaired) electrons. The fraction of sp³-hybridized carbons (Fsp3) is 0.400. The van der Waals surface area contributed by atoms with Crippen LogP contribution in [-0.2, 0) is 6.54 Å². The van der Waals surface area contributed by atoms with Gasteiger partial charge in [-0.2, -0.15) is 0 Å². The SMILES string of the molecule is C[C@H](CO)NCc1cc(F)ccc1F. The van der Waals surface area contributed by atoms with Gasteiger partial charge < -0.3 is 10.4 Å². The average molecular weight is 201 g/mol. The fourth-order valence-electron chi connectivity index (χ4n) is 1.03. The second kappa shape index (κ2) is 5.02. The summed E-state index contributed by atoms with van der Waals surface area (Å²) in [5.74, 6) is -0.899. The Balaban J connectivity index is 2.62. The Morgan fingerprint density at radius 2 is 2.14 bits per heavy atom. The van der Waals surface area contributed by atoms with E-state index in [0.29, 0.717) is 0 Å². The van der Waals surface area contributed by atoms with Crippen LogP contribution in [0.25, 0.3) is 0 Å². The number of aliphatic hydroxyl groups excluding tert-OH is 1. The summed E-state index contributed by atoms with van der Waals surface area (Å²) >= 11 is 0. The van der Waals surface area contributed by atoms with E-state index >= 15 is 0 Å². The maximum atomic E-state index is 13.1. The highest BCUT2D eigenvalue weighted by atomic mass is 19.1. The Labute approximate surface area is 81.6 Å². The quantitative estimate of drug-likeness (QED) is 0.772. The van der Waals surface area contributed by atoms with Gasteiger partial charge in [-0.15, -0.1) is 0 Å². The lowest BCUT2D eigenvalue weighted by Gasteiger charge is -2.10. The van der Waals surface area contributed by atoms with Crippen LogP contribution in [0.5, 0.6) is 0 Å². The molecule has 78 valence electrons. The van der Waals surface area contributed by atoms with Gasteiger partial charge in [0.1, 0.15) is 11.6 Å². The highest BCUT2D eigenvalue weighted by Gasteiger charge is 2.05. The van der Waals surface area contributed by atoms with Crippen LogP contribution in [0.4, 0.5) is 8.78 Å². The van der Waals surface area contributed by atoms with Gasteiger partial charge in [0.25, 0.3) is 0 Å². The van der Waals surface area contributed by atoms with E-state index in [2.05, 4.69) is 5.32 Å². The molecule has 1 rings (SSSR count). The zero-order valence-electron chi connectivity index (χ0n) is 7.93. The van der Waals surface area contributed by atoms with Crippen molar-refractivity contribution in [2.45, 2.75) is 19.5 Å². The topological polar surface area (TPSA) is 32.3 Å². The van der Waals surface area contributed by atoms with Gasteiger partial charge in [0.2, 0.25) is 0 Å². The summed E-state index contributed by atoms with van der Waals surface area (Å²) in [7, 11) is 0. The number of hydrogen-bond donors (Lipinski definition) is 2. The Morgan fingerprint density at radius 1 is 1.43 bits per heavy atom. The first-order valence-electron chi connectivity index (χ1n) is 4.41. The third-order valence-corrected chi connectivity index (χ3v) is 1.92. The molecule has 0 aromatic heterocycles. The largest absolute Gasteiger partial charge is 0.395 e. The molecule has 0 spiro atoms. The molecule has 0 aliphatic heterocycles. The maximum absolute atomic E-state index is 13.1. The van der Waals surface area contributed by atoms with Gasteiger partial charge in [0, 0.05) is 18.2 Å². The number of nitrogens with one attached hydrogen (secondary N) is 1. The van der Waals surface area contributed by atoms with E-state index in [1.807, 2.05) is 0 Å². The minimum absolute atomic E-state index is 0.0308. The minimum Gasteiger partial charge on any atom is -0.395 e. The first-order chi connectivity index (χ1) is 6.63. The molecule has 4 heteroatoms. The normalized spacial score (nSPS) is 12.9. The highest BCUT2D eigenvalue weighted by molar-refractivity contribution is 5.18. The van der Waals surface area contributed by atoms with Gasteiger partial charge in [0.05, 0.1) is 6.61 Å². The molecule has 14 heavy (non-hydrogen) atoms. The highest BCUT2D eigenvalue weighted by Crippen LogP contribution is 2.09. The zero-order chi connectivity index (χ0) is 10.6. The molecule has 0 fully saturated rings. The molecular formula is C10H13F2NO. The molecule has 0 saturated heterocycles. The first-order valence-corrected chi connectivity index (χ1v) is 4.41. The third kappa shape index (κ3) is 3.05. The lowest BCUT2D eigenvalue weighted by molar-refractivity contribution is 0.250. The van der Waals surface area contributed by atoms with Crippen molar-refractivity contribution in [3.63, 3.8) is 0 Å². The van der Waals surface area contributed by atoms with Crippen molar-refractivity contribution in [2.24, 2.45) is 0 Å². The lowest BCUT2D eigenvalue weighted by Crippen LogP contribution is -2.29. The Kier molecular flexibility index (Phi) is 3.98. The Bertz CT molecular complexity index is 304. The predicted octanol–water partition coefficient (Wildman–Crippen LogP) is 1.44. The summed E-state index contributed by atoms with van der Waals surface area (Å²) < 4.78 is 25.8. The number of benzene rings is 1. The molecule has 1 aromatic carbocycles. The van der Waals surface area contributed by atoms with Crippen molar-refractivity contribution in [2.75, 3.05) is 6.61 Å². The summed E-state index contributed by atoms with van der Waals surface area (Å²) in [5, 5.41) is 11.6. The van der Waals surface area contributed by atoms with Crippen molar-refractivity contribution < 1.29 is 13.9 Å². The Morgan fingerprint density at radius 3 is 2.79 bits per heavy atom. The van der Waals surface area contributed by atoms with Crippen LogP contribution in [0.2, 0.25) is 0 Å². The lowest BCUT2D eigenvalue weighted by atomic mass is 10.2. The summed E-state index contributed by atoms with van der Waals surface area (Å²) in [4.78, 5) is 0. The molecule has 0 bridgehead atoms. The molecule has 0 heterocycles. The van der Waals surface area contributed by atoms with Crippen molar-refractivity contribution in [1.82, 2.24) is 5.32 Å². The molecule has 2 N–H and O–H groups in total. The van der Waals surface area contributed by atoms with E-state index in [9.17, 15) is 8.78 Å². The fourth-order valence-corrected chi connectivity index (χ4v) is 1.03. The van der Waals surface area contributed by atoms with Crippen LogP contribution in [0.15, 0.2) is 18.2 Å². The van der Waals surface area contributed by atoms with E-state index < -0.39 is 11.6 Å². The van der Waals surface area contributed by atoms with E-state index in [-0.39, 0.29) is 24.8 Å². The molecule has 0 unspecified atom stereocenters. The number of hydrogen-bond acceptors (Lipinski definition) is 2. The average Bonchev–Trinajstić information content (AvgIpc) is 2.19. The summed E-state index contributed by atoms with van der Waals surface area (Å²) in [6, 6.07) is 3.19. The molecule has 0 aliphatic rings. The molecular weight excluding hydrogens is 188 g/mol. The van der Waals surface area contributed by atoms with Crippen molar-refractivity contribution >= 4 is 0 Å². The maximum Gasteiger partial charge on any atom is 0.127 e. The van der Waals surface area contributed by atoms with Crippen LogP contribution in [0, 0.1) is 11.6 Å². The van der Waals surface area contributed by atoms with Crippen molar-refractivity contribution in [3.05, 3.63) is 35.4 Å². The number of aliphatic hydroxyl groups is 1. The zero-order valence-corrected chi connectivity index (χ0v) is 7.93.